The molecule has 2 rings (SSSR count). The second kappa shape index (κ2) is 6.47. The summed E-state index contributed by atoms with van der Waals surface area (Å²) in [7, 11) is 0. The predicted molar refractivity (Wildman–Crippen MR) is 71.9 cm³/mol. The van der Waals surface area contributed by atoms with Crippen LogP contribution < -0.4 is 0 Å². The van der Waals surface area contributed by atoms with Gasteiger partial charge in [-0.2, -0.15) is 0 Å². The van der Waals surface area contributed by atoms with E-state index in [1.165, 1.54) is 18.9 Å². The maximum Gasteiger partial charge on any atom is 0.164 e. The highest BCUT2D eigenvalue weighted by Crippen LogP contribution is 2.39. The Balaban J connectivity index is 2.09. The number of benzene rings is 1. The molecule has 0 bridgehead atoms. The zero-order valence-electron chi connectivity index (χ0n) is 11.5. The molecule has 0 atom stereocenters. The molecule has 1 aromatic rings. The quantitative estimate of drug-likeness (QED) is 0.850. The van der Waals surface area contributed by atoms with Crippen molar-refractivity contribution in [3.63, 3.8) is 0 Å². The van der Waals surface area contributed by atoms with Crippen molar-refractivity contribution in [3.8, 4) is 0 Å². The normalized spacial score (nSPS) is 23.6. The number of aliphatic hydroxyl groups is 1. The van der Waals surface area contributed by atoms with Gasteiger partial charge in [0.05, 0.1) is 6.61 Å². The third kappa shape index (κ3) is 3.14. The van der Waals surface area contributed by atoms with Crippen molar-refractivity contribution in [1.29, 1.82) is 0 Å². The summed E-state index contributed by atoms with van der Waals surface area (Å²) in [4.78, 5) is 0. The smallest absolute Gasteiger partial charge is 0.164 e. The van der Waals surface area contributed by atoms with Gasteiger partial charge < -0.3 is 5.11 Å². The van der Waals surface area contributed by atoms with E-state index >= 15 is 0 Å². The van der Waals surface area contributed by atoms with Crippen LogP contribution in [0.4, 0.5) is 8.78 Å². The Kier molecular flexibility index (Phi) is 4.92. The van der Waals surface area contributed by atoms with Gasteiger partial charge in [-0.05, 0) is 43.1 Å². The molecular formula is C16H22F2O. The summed E-state index contributed by atoms with van der Waals surface area (Å²) in [6.07, 6.45) is 6.55. The van der Waals surface area contributed by atoms with E-state index in [-0.39, 0.29) is 11.5 Å². The Morgan fingerprint density at radius 1 is 1.11 bits per heavy atom. The molecule has 0 unspecified atom stereocenters. The largest absolute Gasteiger partial charge is 0.392 e. The van der Waals surface area contributed by atoms with Gasteiger partial charge in [0.2, 0.25) is 0 Å². The van der Waals surface area contributed by atoms with Gasteiger partial charge in [-0.15, -0.1) is 0 Å². The molecule has 0 saturated heterocycles. The molecule has 0 amide bonds. The third-order valence-electron chi connectivity index (χ3n) is 4.35. The zero-order chi connectivity index (χ0) is 13.8. The van der Waals surface area contributed by atoms with E-state index < -0.39 is 18.2 Å². The molecule has 0 aromatic heterocycles. The van der Waals surface area contributed by atoms with Crippen molar-refractivity contribution < 1.29 is 13.9 Å². The lowest BCUT2D eigenvalue weighted by atomic mass is 9.77. The Morgan fingerprint density at radius 3 is 2.37 bits per heavy atom. The van der Waals surface area contributed by atoms with Crippen LogP contribution in [0, 0.1) is 17.6 Å². The Labute approximate surface area is 113 Å². The van der Waals surface area contributed by atoms with Gasteiger partial charge in [-0.3, -0.25) is 0 Å². The molecule has 1 aliphatic rings. The minimum Gasteiger partial charge on any atom is -0.392 e. The average Bonchev–Trinajstić information content (AvgIpc) is 2.43. The second-order valence-corrected chi connectivity index (χ2v) is 5.61. The fourth-order valence-corrected chi connectivity index (χ4v) is 3.21. The standard InChI is InChI=1S/C16H22F2O/c1-2-3-11-4-6-12(7-5-11)14-9-8-13(10-19)15(17)16(14)18/h8-9,11-12,19H,2-7,10H2,1H3. The minimum atomic E-state index is -0.879. The molecule has 1 aromatic carbocycles. The summed E-state index contributed by atoms with van der Waals surface area (Å²) in [5.74, 6) is -0.748. The molecule has 1 nitrogen and oxygen atoms in total. The molecular weight excluding hydrogens is 246 g/mol. The van der Waals surface area contributed by atoms with Crippen LogP contribution in [0.15, 0.2) is 12.1 Å². The zero-order valence-corrected chi connectivity index (χ0v) is 11.5. The molecule has 0 heterocycles. The van der Waals surface area contributed by atoms with Crippen LogP contribution in [0.5, 0.6) is 0 Å². The van der Waals surface area contributed by atoms with Crippen molar-refractivity contribution >= 4 is 0 Å². The predicted octanol–water partition coefficient (Wildman–Crippen LogP) is 4.53. The summed E-state index contributed by atoms with van der Waals surface area (Å²) in [5, 5.41) is 8.93. The van der Waals surface area contributed by atoms with E-state index in [1.807, 2.05) is 0 Å². The van der Waals surface area contributed by atoms with Crippen LogP contribution in [0.1, 0.15) is 62.5 Å². The summed E-state index contributed by atoms with van der Waals surface area (Å²) in [5.41, 5.74) is 0.533. The first-order valence-corrected chi connectivity index (χ1v) is 7.25. The van der Waals surface area contributed by atoms with Crippen LogP contribution >= 0.6 is 0 Å². The van der Waals surface area contributed by atoms with Gasteiger partial charge >= 0.3 is 0 Å². The number of halogens is 2. The van der Waals surface area contributed by atoms with Crippen LogP contribution in [0.2, 0.25) is 0 Å². The maximum absolute atomic E-state index is 14.0. The summed E-state index contributed by atoms with van der Waals surface area (Å²) < 4.78 is 27.7. The van der Waals surface area contributed by atoms with E-state index in [2.05, 4.69) is 6.92 Å². The van der Waals surface area contributed by atoms with E-state index in [0.29, 0.717) is 5.56 Å². The fourth-order valence-electron chi connectivity index (χ4n) is 3.21. The van der Waals surface area contributed by atoms with Crippen molar-refractivity contribution in [1.82, 2.24) is 0 Å². The summed E-state index contributed by atoms with van der Waals surface area (Å²) in [6, 6.07) is 3.15. The highest BCUT2D eigenvalue weighted by molar-refractivity contribution is 5.29. The Morgan fingerprint density at radius 2 is 1.79 bits per heavy atom. The fraction of sp³-hybridized carbons (Fsp3) is 0.625. The van der Waals surface area contributed by atoms with Crippen LogP contribution in [0.3, 0.4) is 0 Å². The lowest BCUT2D eigenvalue weighted by molar-refractivity contribution is 0.271. The van der Waals surface area contributed by atoms with E-state index in [4.69, 9.17) is 5.11 Å². The van der Waals surface area contributed by atoms with E-state index in [9.17, 15) is 8.78 Å². The molecule has 1 fully saturated rings. The van der Waals surface area contributed by atoms with Crippen molar-refractivity contribution in [2.24, 2.45) is 5.92 Å². The van der Waals surface area contributed by atoms with Gasteiger partial charge in [0.25, 0.3) is 0 Å². The topological polar surface area (TPSA) is 20.2 Å². The molecule has 0 aliphatic heterocycles. The van der Waals surface area contributed by atoms with Gasteiger partial charge in [0.1, 0.15) is 0 Å². The molecule has 0 spiro atoms. The lowest BCUT2D eigenvalue weighted by Crippen LogP contribution is -2.15. The molecule has 106 valence electrons. The average molecular weight is 268 g/mol. The van der Waals surface area contributed by atoms with Crippen LogP contribution in [0.25, 0.3) is 0 Å². The number of hydrogen-bond acceptors (Lipinski definition) is 1. The van der Waals surface area contributed by atoms with E-state index in [1.54, 1.807) is 6.07 Å². The number of hydrogen-bond donors (Lipinski definition) is 1. The molecule has 3 heteroatoms. The van der Waals surface area contributed by atoms with Gasteiger partial charge in [-0.25, -0.2) is 8.78 Å². The molecule has 0 radical (unpaired) electrons. The van der Waals surface area contributed by atoms with Gasteiger partial charge in [-0.1, -0.05) is 31.9 Å². The van der Waals surface area contributed by atoms with Crippen molar-refractivity contribution in [3.05, 3.63) is 34.9 Å². The molecule has 1 N–H and O–H groups in total. The van der Waals surface area contributed by atoms with Crippen molar-refractivity contribution in [2.45, 2.75) is 58.0 Å². The van der Waals surface area contributed by atoms with Gasteiger partial charge in [0, 0.05) is 5.56 Å². The SMILES string of the molecule is CCCC1CCC(c2ccc(CO)c(F)c2F)CC1. The van der Waals surface area contributed by atoms with Crippen LogP contribution in [-0.2, 0) is 6.61 Å². The number of aliphatic hydroxyl groups excluding tert-OH is 1. The van der Waals surface area contributed by atoms with Gasteiger partial charge in [0.15, 0.2) is 11.6 Å². The molecule has 19 heavy (non-hydrogen) atoms. The highest BCUT2D eigenvalue weighted by atomic mass is 19.2. The first-order chi connectivity index (χ1) is 9.17. The molecule has 1 aliphatic carbocycles. The molecule has 1 saturated carbocycles. The number of rotatable bonds is 4. The Bertz CT molecular complexity index is 423. The highest BCUT2D eigenvalue weighted by Gasteiger charge is 2.25. The third-order valence-corrected chi connectivity index (χ3v) is 4.35. The monoisotopic (exact) mass is 268 g/mol. The summed E-state index contributed by atoms with van der Waals surface area (Å²) in [6.45, 7) is 1.74. The lowest BCUT2D eigenvalue weighted by Gasteiger charge is -2.29. The second-order valence-electron chi connectivity index (χ2n) is 5.61. The Hall–Kier alpha value is -0.960. The van der Waals surface area contributed by atoms with E-state index in [0.717, 1.165) is 31.6 Å². The minimum absolute atomic E-state index is 0.0425. The first-order valence-electron chi connectivity index (χ1n) is 7.25. The van der Waals surface area contributed by atoms with Crippen LogP contribution in [-0.4, -0.2) is 5.11 Å². The first kappa shape index (κ1) is 14.4. The maximum atomic E-state index is 14.0. The van der Waals surface area contributed by atoms with Crippen molar-refractivity contribution in [2.75, 3.05) is 0 Å². The summed E-state index contributed by atoms with van der Waals surface area (Å²) >= 11 is 0.